The average Bonchev–Trinajstić information content (AvgIpc) is 2.28. The van der Waals surface area contributed by atoms with Crippen molar-refractivity contribution < 1.29 is 9.53 Å². The molecule has 0 saturated heterocycles. The van der Waals surface area contributed by atoms with Crippen molar-refractivity contribution in [2.24, 2.45) is 5.73 Å². The minimum absolute atomic E-state index is 0.0531. The van der Waals surface area contributed by atoms with Crippen LogP contribution in [0.2, 0.25) is 0 Å². The molecule has 3 N–H and O–H groups in total. The number of carbonyl (C=O) groups excluding carboxylic acids is 1. The summed E-state index contributed by atoms with van der Waals surface area (Å²) < 4.78 is 5.53. The highest BCUT2D eigenvalue weighted by Crippen LogP contribution is 2.24. The second kappa shape index (κ2) is 6.25. The van der Waals surface area contributed by atoms with E-state index in [1.807, 2.05) is 32.9 Å². The molecule has 0 radical (unpaired) electrons. The van der Waals surface area contributed by atoms with E-state index >= 15 is 0 Å². The van der Waals surface area contributed by atoms with Gasteiger partial charge in [0, 0.05) is 13.1 Å². The highest BCUT2D eigenvalue weighted by molar-refractivity contribution is 5.77. The maximum Gasteiger partial charge on any atom is 0.257 e. The second-order valence-corrected chi connectivity index (χ2v) is 4.01. The number of nitrogens with one attached hydrogen (secondary N) is 1. The first-order valence-corrected chi connectivity index (χ1v) is 5.78. The number of rotatable bonds is 5. The maximum absolute atomic E-state index is 11.3. The van der Waals surface area contributed by atoms with Gasteiger partial charge in [0.15, 0.2) is 6.61 Å². The van der Waals surface area contributed by atoms with Crippen molar-refractivity contribution in [3.8, 4) is 5.75 Å². The number of hydrogen-bond acceptors (Lipinski definition) is 3. The number of carbonyl (C=O) groups is 1. The summed E-state index contributed by atoms with van der Waals surface area (Å²) in [6.45, 7) is 6.98. The number of ether oxygens (including phenoxy) is 1. The maximum atomic E-state index is 11.3. The zero-order valence-corrected chi connectivity index (χ0v) is 10.7. The molecule has 0 aliphatic carbocycles. The smallest absolute Gasteiger partial charge is 0.257 e. The lowest BCUT2D eigenvalue weighted by atomic mass is 10.1. The fraction of sp³-hybridized carbons (Fsp3) is 0.462. The van der Waals surface area contributed by atoms with Crippen LogP contribution in [0.15, 0.2) is 12.1 Å². The lowest BCUT2D eigenvalue weighted by Crippen LogP contribution is -2.28. The van der Waals surface area contributed by atoms with Gasteiger partial charge in [0.25, 0.3) is 5.91 Å². The minimum atomic E-state index is -0.103. The van der Waals surface area contributed by atoms with Crippen LogP contribution in [-0.2, 0) is 11.3 Å². The normalized spacial score (nSPS) is 10.1. The summed E-state index contributed by atoms with van der Waals surface area (Å²) in [6.07, 6.45) is 0. The van der Waals surface area contributed by atoms with E-state index in [0.29, 0.717) is 13.1 Å². The number of aryl methyl sites for hydroxylation is 2. The van der Waals surface area contributed by atoms with E-state index in [1.54, 1.807) is 0 Å². The van der Waals surface area contributed by atoms with Crippen LogP contribution in [0, 0.1) is 13.8 Å². The summed E-state index contributed by atoms with van der Waals surface area (Å²) >= 11 is 0. The third-order valence-corrected chi connectivity index (χ3v) is 2.48. The lowest BCUT2D eigenvalue weighted by molar-refractivity contribution is -0.122. The molecule has 0 saturated carbocycles. The van der Waals surface area contributed by atoms with Crippen LogP contribution in [0.3, 0.4) is 0 Å². The van der Waals surface area contributed by atoms with E-state index in [0.717, 1.165) is 22.4 Å². The monoisotopic (exact) mass is 236 g/mol. The molecule has 0 fully saturated rings. The first-order valence-electron chi connectivity index (χ1n) is 5.78. The fourth-order valence-electron chi connectivity index (χ4n) is 1.77. The van der Waals surface area contributed by atoms with Crippen molar-refractivity contribution in [2.75, 3.05) is 13.2 Å². The van der Waals surface area contributed by atoms with Crippen LogP contribution < -0.4 is 15.8 Å². The van der Waals surface area contributed by atoms with Crippen LogP contribution in [-0.4, -0.2) is 19.1 Å². The van der Waals surface area contributed by atoms with Crippen molar-refractivity contribution in [2.45, 2.75) is 27.3 Å². The highest BCUT2D eigenvalue weighted by Gasteiger charge is 2.08. The van der Waals surface area contributed by atoms with Gasteiger partial charge in [-0.2, -0.15) is 0 Å². The topological polar surface area (TPSA) is 64.3 Å². The predicted octanol–water partition coefficient (Wildman–Crippen LogP) is 1.28. The third-order valence-electron chi connectivity index (χ3n) is 2.48. The Labute approximate surface area is 102 Å². The van der Waals surface area contributed by atoms with E-state index in [4.69, 9.17) is 10.5 Å². The molecule has 0 aliphatic heterocycles. The summed E-state index contributed by atoms with van der Waals surface area (Å²) in [7, 11) is 0. The molecular weight excluding hydrogens is 216 g/mol. The first kappa shape index (κ1) is 13.5. The van der Waals surface area contributed by atoms with Crippen molar-refractivity contribution in [1.29, 1.82) is 0 Å². The van der Waals surface area contributed by atoms with Crippen LogP contribution in [0.1, 0.15) is 23.6 Å². The van der Waals surface area contributed by atoms with Crippen LogP contribution in [0.25, 0.3) is 0 Å². The van der Waals surface area contributed by atoms with Crippen molar-refractivity contribution >= 4 is 5.91 Å². The van der Waals surface area contributed by atoms with Crippen molar-refractivity contribution in [1.82, 2.24) is 5.32 Å². The molecule has 1 aromatic carbocycles. The Morgan fingerprint density at radius 2 is 1.94 bits per heavy atom. The zero-order chi connectivity index (χ0) is 12.8. The summed E-state index contributed by atoms with van der Waals surface area (Å²) in [6, 6.07) is 3.97. The van der Waals surface area contributed by atoms with E-state index in [9.17, 15) is 4.79 Å². The van der Waals surface area contributed by atoms with E-state index in [2.05, 4.69) is 5.32 Å². The predicted molar refractivity (Wildman–Crippen MR) is 68.0 cm³/mol. The largest absolute Gasteiger partial charge is 0.483 e. The molecule has 0 atom stereocenters. The van der Waals surface area contributed by atoms with Crippen LogP contribution >= 0.6 is 0 Å². The highest BCUT2D eigenvalue weighted by atomic mass is 16.5. The molecule has 4 heteroatoms. The van der Waals surface area contributed by atoms with Gasteiger partial charge in [-0.05, 0) is 37.5 Å². The summed E-state index contributed by atoms with van der Waals surface area (Å²) in [5.74, 6) is 0.669. The Kier molecular flexibility index (Phi) is 4.97. The molecule has 1 aromatic rings. The molecule has 1 amide bonds. The van der Waals surface area contributed by atoms with Crippen molar-refractivity contribution in [3.05, 3.63) is 28.8 Å². The fourth-order valence-corrected chi connectivity index (χ4v) is 1.77. The summed E-state index contributed by atoms with van der Waals surface area (Å²) in [4.78, 5) is 11.3. The Hall–Kier alpha value is -1.55. The molecule has 4 nitrogen and oxygen atoms in total. The van der Waals surface area contributed by atoms with E-state index in [-0.39, 0.29) is 12.5 Å². The summed E-state index contributed by atoms with van der Waals surface area (Å²) in [5, 5.41) is 2.69. The van der Waals surface area contributed by atoms with Gasteiger partial charge < -0.3 is 15.8 Å². The SMILES string of the molecule is CCNC(=O)COc1c(C)cc(CN)cc1C. The Bertz CT molecular complexity index is 379. The van der Waals surface area contributed by atoms with Gasteiger partial charge in [-0.15, -0.1) is 0 Å². The molecule has 0 aromatic heterocycles. The Morgan fingerprint density at radius 1 is 1.35 bits per heavy atom. The number of amides is 1. The Morgan fingerprint density at radius 3 is 2.41 bits per heavy atom. The second-order valence-electron chi connectivity index (χ2n) is 4.01. The van der Waals surface area contributed by atoms with Gasteiger partial charge in [-0.3, -0.25) is 4.79 Å². The molecule has 0 bridgehead atoms. The molecule has 0 unspecified atom stereocenters. The lowest BCUT2D eigenvalue weighted by Gasteiger charge is -2.13. The van der Waals surface area contributed by atoms with Gasteiger partial charge in [0.2, 0.25) is 0 Å². The molecule has 94 valence electrons. The van der Waals surface area contributed by atoms with Gasteiger partial charge in [-0.25, -0.2) is 0 Å². The minimum Gasteiger partial charge on any atom is -0.483 e. The molecule has 0 spiro atoms. The number of nitrogens with two attached hydrogens (primary N) is 1. The molecule has 17 heavy (non-hydrogen) atoms. The van der Waals surface area contributed by atoms with E-state index in [1.165, 1.54) is 0 Å². The Balaban J connectivity index is 2.74. The molecule has 0 aliphatic rings. The number of hydrogen-bond donors (Lipinski definition) is 2. The standard InChI is InChI=1S/C13H20N2O2/c1-4-15-12(16)8-17-13-9(2)5-11(7-14)6-10(13)3/h5-6H,4,7-8,14H2,1-3H3,(H,15,16). The van der Waals surface area contributed by atoms with Gasteiger partial charge >= 0.3 is 0 Å². The molecular formula is C13H20N2O2. The first-order chi connectivity index (χ1) is 8.08. The average molecular weight is 236 g/mol. The van der Waals surface area contributed by atoms with Crippen LogP contribution in [0.5, 0.6) is 5.75 Å². The molecule has 1 rings (SSSR count). The van der Waals surface area contributed by atoms with Gasteiger partial charge in [0.05, 0.1) is 0 Å². The number of likely N-dealkylation sites (N-methyl/N-ethyl adjacent to an activating group) is 1. The van der Waals surface area contributed by atoms with Gasteiger partial charge in [-0.1, -0.05) is 12.1 Å². The molecule has 0 heterocycles. The van der Waals surface area contributed by atoms with E-state index < -0.39 is 0 Å². The quantitative estimate of drug-likeness (QED) is 0.809. The summed E-state index contributed by atoms with van der Waals surface area (Å²) in [5.41, 5.74) is 8.69. The van der Waals surface area contributed by atoms with Crippen molar-refractivity contribution in [3.63, 3.8) is 0 Å². The third kappa shape index (κ3) is 3.75. The number of benzene rings is 1. The van der Waals surface area contributed by atoms with Gasteiger partial charge in [0.1, 0.15) is 5.75 Å². The van der Waals surface area contributed by atoms with Crippen LogP contribution in [0.4, 0.5) is 0 Å². The zero-order valence-electron chi connectivity index (χ0n) is 10.7.